The molecule has 0 aliphatic carbocycles. The second-order valence-corrected chi connectivity index (χ2v) is 4.12. The van der Waals surface area contributed by atoms with Crippen molar-refractivity contribution < 1.29 is 14.3 Å². The van der Waals surface area contributed by atoms with Crippen LogP contribution in [0.2, 0.25) is 0 Å². The van der Waals surface area contributed by atoms with Gasteiger partial charge in [0.15, 0.2) is 0 Å². The van der Waals surface area contributed by atoms with Crippen LogP contribution in [-0.2, 0) is 14.3 Å². The average Bonchev–Trinajstić information content (AvgIpc) is 2.30. The van der Waals surface area contributed by atoms with E-state index >= 15 is 0 Å². The highest BCUT2D eigenvalue weighted by Gasteiger charge is 2.22. The van der Waals surface area contributed by atoms with Gasteiger partial charge < -0.3 is 10.1 Å². The Morgan fingerprint density at radius 1 is 1.59 bits per heavy atom. The summed E-state index contributed by atoms with van der Waals surface area (Å²) >= 11 is 0. The van der Waals surface area contributed by atoms with Crippen LogP contribution in [0, 0.1) is 0 Å². The Bertz CT molecular complexity index is 328. The van der Waals surface area contributed by atoms with E-state index in [0.29, 0.717) is 25.2 Å². The molecule has 0 saturated heterocycles. The maximum absolute atomic E-state index is 11.8. The summed E-state index contributed by atoms with van der Waals surface area (Å²) in [4.78, 5) is 23.0. The van der Waals surface area contributed by atoms with E-state index in [0.717, 1.165) is 6.42 Å². The molecule has 96 valence electrons. The first-order valence-electron chi connectivity index (χ1n) is 5.68. The van der Waals surface area contributed by atoms with Crippen LogP contribution in [0.25, 0.3) is 0 Å². The molecular formula is C11H19N3O3. The van der Waals surface area contributed by atoms with Crippen LogP contribution in [-0.4, -0.2) is 49.3 Å². The van der Waals surface area contributed by atoms with Gasteiger partial charge >= 0.3 is 0 Å². The molecule has 1 rings (SSSR count). The van der Waals surface area contributed by atoms with Crippen molar-refractivity contribution in [3.05, 3.63) is 0 Å². The molecule has 2 amide bonds. The third kappa shape index (κ3) is 4.14. The lowest BCUT2D eigenvalue weighted by atomic mass is 10.1. The van der Waals surface area contributed by atoms with Crippen molar-refractivity contribution in [2.24, 2.45) is 5.10 Å². The minimum atomic E-state index is -0.201. The fraction of sp³-hybridized carbons (Fsp3) is 0.727. The SMILES string of the molecule is COCCC(C)NC(=O)C1=NN(C)C(=O)CC1. The largest absolute Gasteiger partial charge is 0.385 e. The predicted molar refractivity (Wildman–Crippen MR) is 63.5 cm³/mol. The summed E-state index contributed by atoms with van der Waals surface area (Å²) < 4.78 is 4.94. The second kappa shape index (κ2) is 6.34. The van der Waals surface area contributed by atoms with Gasteiger partial charge in [-0.15, -0.1) is 0 Å². The summed E-state index contributed by atoms with van der Waals surface area (Å²) in [7, 11) is 3.18. The zero-order chi connectivity index (χ0) is 12.8. The van der Waals surface area contributed by atoms with Crippen molar-refractivity contribution in [3.63, 3.8) is 0 Å². The molecule has 0 bridgehead atoms. The number of nitrogens with zero attached hydrogens (tertiary/aromatic N) is 2. The first-order chi connectivity index (χ1) is 8.04. The van der Waals surface area contributed by atoms with Crippen molar-refractivity contribution in [1.29, 1.82) is 0 Å². The Hall–Kier alpha value is -1.43. The third-order valence-corrected chi connectivity index (χ3v) is 2.60. The molecule has 0 fully saturated rings. The van der Waals surface area contributed by atoms with E-state index in [9.17, 15) is 9.59 Å². The van der Waals surface area contributed by atoms with Crippen LogP contribution < -0.4 is 5.32 Å². The van der Waals surface area contributed by atoms with Crippen LogP contribution in [0.5, 0.6) is 0 Å². The molecule has 1 aliphatic heterocycles. The zero-order valence-corrected chi connectivity index (χ0v) is 10.5. The minimum absolute atomic E-state index is 0.0353. The van der Waals surface area contributed by atoms with Crippen LogP contribution >= 0.6 is 0 Å². The number of carbonyl (C=O) groups excluding carboxylic acids is 2. The average molecular weight is 241 g/mol. The van der Waals surface area contributed by atoms with E-state index in [1.807, 2.05) is 6.92 Å². The highest BCUT2D eigenvalue weighted by molar-refractivity contribution is 6.39. The van der Waals surface area contributed by atoms with E-state index in [2.05, 4.69) is 10.4 Å². The van der Waals surface area contributed by atoms with Gasteiger partial charge in [0.2, 0.25) is 5.91 Å². The topological polar surface area (TPSA) is 71.0 Å². The van der Waals surface area contributed by atoms with Gasteiger partial charge in [-0.25, -0.2) is 5.01 Å². The van der Waals surface area contributed by atoms with Gasteiger partial charge in [0.25, 0.3) is 5.91 Å². The lowest BCUT2D eigenvalue weighted by Gasteiger charge is -2.20. The zero-order valence-electron chi connectivity index (χ0n) is 10.5. The molecule has 6 nitrogen and oxygen atoms in total. The summed E-state index contributed by atoms with van der Waals surface area (Å²) in [5.41, 5.74) is 0.413. The molecule has 0 spiro atoms. The van der Waals surface area contributed by atoms with Gasteiger partial charge in [-0.05, 0) is 13.3 Å². The van der Waals surface area contributed by atoms with Gasteiger partial charge in [-0.3, -0.25) is 9.59 Å². The van der Waals surface area contributed by atoms with Gasteiger partial charge in [-0.2, -0.15) is 5.10 Å². The van der Waals surface area contributed by atoms with Gasteiger partial charge in [0.05, 0.1) is 0 Å². The number of carbonyl (C=O) groups is 2. The summed E-state index contributed by atoms with van der Waals surface area (Å²) in [6.07, 6.45) is 1.51. The van der Waals surface area contributed by atoms with E-state index in [1.54, 1.807) is 14.2 Å². The van der Waals surface area contributed by atoms with Crippen LogP contribution in [0.1, 0.15) is 26.2 Å². The maximum Gasteiger partial charge on any atom is 0.267 e. The first-order valence-corrected chi connectivity index (χ1v) is 5.68. The summed E-state index contributed by atoms with van der Waals surface area (Å²) in [5, 5.41) is 8.01. The van der Waals surface area contributed by atoms with Crippen LogP contribution in [0.3, 0.4) is 0 Å². The van der Waals surface area contributed by atoms with E-state index in [1.165, 1.54) is 5.01 Å². The summed E-state index contributed by atoms with van der Waals surface area (Å²) in [6, 6.07) is 0.0353. The molecule has 0 aromatic heterocycles. The number of ether oxygens (including phenoxy) is 1. The number of hydrogen-bond acceptors (Lipinski definition) is 4. The van der Waals surface area contributed by atoms with Crippen molar-refractivity contribution in [3.8, 4) is 0 Å². The molecule has 0 aromatic carbocycles. The number of nitrogens with one attached hydrogen (secondary N) is 1. The molecule has 1 atom stereocenters. The molecule has 0 aromatic rings. The van der Waals surface area contributed by atoms with Crippen molar-refractivity contribution in [1.82, 2.24) is 10.3 Å². The molecule has 1 aliphatic rings. The summed E-state index contributed by atoms with van der Waals surface area (Å²) in [6.45, 7) is 2.52. The van der Waals surface area contributed by atoms with Gasteiger partial charge in [0.1, 0.15) is 5.71 Å². The molecule has 0 saturated carbocycles. The van der Waals surface area contributed by atoms with E-state index < -0.39 is 0 Å². The normalized spacial score (nSPS) is 17.7. The van der Waals surface area contributed by atoms with Gasteiger partial charge in [-0.1, -0.05) is 0 Å². The monoisotopic (exact) mass is 241 g/mol. The number of hydrazone groups is 1. The number of methoxy groups -OCH3 is 1. The number of rotatable bonds is 5. The number of amides is 2. The molecule has 17 heavy (non-hydrogen) atoms. The lowest BCUT2D eigenvalue weighted by Crippen LogP contribution is -2.41. The predicted octanol–water partition coefficient (Wildman–Crippen LogP) is 0.136. The Labute approximate surface area is 101 Å². The fourth-order valence-electron chi connectivity index (χ4n) is 1.51. The Balaban J connectivity index is 2.48. The molecule has 0 radical (unpaired) electrons. The standard InChI is InChI=1S/C11H19N3O3/c1-8(6-7-17-3)12-11(16)9-4-5-10(15)14(2)13-9/h8H,4-7H2,1-3H3,(H,12,16). The Morgan fingerprint density at radius 3 is 2.88 bits per heavy atom. The second-order valence-electron chi connectivity index (χ2n) is 4.12. The fourth-order valence-corrected chi connectivity index (χ4v) is 1.51. The quantitative estimate of drug-likeness (QED) is 0.744. The third-order valence-electron chi connectivity index (χ3n) is 2.60. The molecular weight excluding hydrogens is 222 g/mol. The molecule has 1 N–H and O–H groups in total. The van der Waals surface area contributed by atoms with Crippen molar-refractivity contribution in [2.75, 3.05) is 20.8 Å². The van der Waals surface area contributed by atoms with Crippen molar-refractivity contribution >= 4 is 17.5 Å². The highest BCUT2D eigenvalue weighted by Crippen LogP contribution is 2.07. The Kier molecular flexibility index (Phi) is 5.09. The minimum Gasteiger partial charge on any atom is -0.385 e. The highest BCUT2D eigenvalue weighted by atomic mass is 16.5. The van der Waals surface area contributed by atoms with E-state index in [-0.39, 0.29) is 17.9 Å². The van der Waals surface area contributed by atoms with Crippen LogP contribution in [0.15, 0.2) is 5.10 Å². The smallest absolute Gasteiger partial charge is 0.267 e. The van der Waals surface area contributed by atoms with Gasteiger partial charge in [0, 0.05) is 39.6 Å². The molecule has 1 heterocycles. The lowest BCUT2D eigenvalue weighted by molar-refractivity contribution is -0.130. The summed E-state index contributed by atoms with van der Waals surface area (Å²) in [5.74, 6) is -0.262. The van der Waals surface area contributed by atoms with E-state index in [4.69, 9.17) is 4.74 Å². The van der Waals surface area contributed by atoms with Crippen molar-refractivity contribution in [2.45, 2.75) is 32.2 Å². The van der Waals surface area contributed by atoms with Crippen LogP contribution in [0.4, 0.5) is 0 Å². The number of hydrogen-bond donors (Lipinski definition) is 1. The first kappa shape index (κ1) is 13.6. The maximum atomic E-state index is 11.8. The molecule has 1 unspecified atom stereocenters. The molecule has 6 heteroatoms. The Morgan fingerprint density at radius 2 is 2.29 bits per heavy atom.